The van der Waals surface area contributed by atoms with E-state index in [1.807, 2.05) is 74.5 Å². The molecule has 1 atom stereocenters. The quantitative estimate of drug-likeness (QED) is 0.229. The topological polar surface area (TPSA) is 86.8 Å². The second kappa shape index (κ2) is 15.6. The Balaban J connectivity index is 1.59. The van der Waals surface area contributed by atoms with E-state index in [4.69, 9.17) is 11.6 Å². The molecule has 1 N–H and O–H groups in total. The van der Waals surface area contributed by atoms with Crippen LogP contribution in [0.4, 0.5) is 5.69 Å². The average molecular weight is 638 g/mol. The summed E-state index contributed by atoms with van der Waals surface area (Å²) in [5.74, 6) is -0.357. The summed E-state index contributed by atoms with van der Waals surface area (Å²) in [6.07, 6.45) is 7.17. The molecule has 0 heterocycles. The van der Waals surface area contributed by atoms with Crippen LogP contribution in [0.15, 0.2) is 72.8 Å². The normalized spacial score (nSPS) is 14.5. The molecule has 2 amide bonds. The molecule has 236 valence electrons. The number of hydrogen-bond acceptors (Lipinski definition) is 4. The van der Waals surface area contributed by atoms with Crippen molar-refractivity contribution in [2.75, 3.05) is 17.1 Å². The number of nitrogens with one attached hydrogen (secondary N) is 1. The number of aryl methyl sites for hydroxylation is 2. The molecule has 1 unspecified atom stereocenters. The molecule has 0 spiro atoms. The molecule has 1 aliphatic rings. The van der Waals surface area contributed by atoms with Crippen molar-refractivity contribution < 1.29 is 18.0 Å². The summed E-state index contributed by atoms with van der Waals surface area (Å²) in [5.41, 5.74) is 4.34. The van der Waals surface area contributed by atoms with Gasteiger partial charge in [-0.05, 0) is 79.6 Å². The first-order valence-electron chi connectivity index (χ1n) is 15.4. The predicted molar refractivity (Wildman–Crippen MR) is 178 cm³/mol. The SMILES string of the molecule is Cc1cc(C)cc(N(CCCC(=O)N(Cc2ccc(Cl)cc2)C(Cc2ccccc2)C(=O)NC2CCCCC2)S(C)(=O)=O)c1. The molecule has 9 heteroatoms. The van der Waals surface area contributed by atoms with Crippen molar-refractivity contribution in [3.63, 3.8) is 0 Å². The van der Waals surface area contributed by atoms with Gasteiger partial charge >= 0.3 is 0 Å². The van der Waals surface area contributed by atoms with E-state index in [1.165, 1.54) is 17.0 Å². The van der Waals surface area contributed by atoms with Crippen LogP contribution in [-0.2, 0) is 32.6 Å². The summed E-state index contributed by atoms with van der Waals surface area (Å²) in [6.45, 7) is 4.25. The minimum absolute atomic E-state index is 0.0897. The lowest BCUT2D eigenvalue weighted by molar-refractivity contribution is -0.141. The molecule has 3 aromatic carbocycles. The number of carbonyl (C=O) groups excluding carboxylic acids is 2. The minimum atomic E-state index is -3.58. The summed E-state index contributed by atoms with van der Waals surface area (Å²) in [5, 5.41) is 3.85. The van der Waals surface area contributed by atoms with Crippen LogP contribution in [-0.4, -0.2) is 50.0 Å². The van der Waals surface area contributed by atoms with Gasteiger partial charge in [-0.2, -0.15) is 0 Å². The third kappa shape index (κ3) is 9.83. The maximum Gasteiger partial charge on any atom is 0.243 e. The lowest BCUT2D eigenvalue weighted by atomic mass is 9.94. The van der Waals surface area contributed by atoms with Crippen molar-refractivity contribution in [3.05, 3.63) is 100 Å². The highest BCUT2D eigenvalue weighted by Crippen LogP contribution is 2.24. The van der Waals surface area contributed by atoms with E-state index in [2.05, 4.69) is 5.32 Å². The number of carbonyl (C=O) groups is 2. The fourth-order valence-electron chi connectivity index (χ4n) is 5.98. The van der Waals surface area contributed by atoms with Crippen LogP contribution in [0.5, 0.6) is 0 Å². The number of benzene rings is 3. The molecule has 4 rings (SSSR count). The third-order valence-electron chi connectivity index (χ3n) is 8.14. The number of hydrogen-bond donors (Lipinski definition) is 1. The van der Waals surface area contributed by atoms with Crippen molar-refractivity contribution in [2.45, 2.75) is 83.8 Å². The maximum atomic E-state index is 14.1. The van der Waals surface area contributed by atoms with Gasteiger partial charge < -0.3 is 10.2 Å². The van der Waals surface area contributed by atoms with Gasteiger partial charge in [0.2, 0.25) is 21.8 Å². The number of rotatable bonds is 13. The van der Waals surface area contributed by atoms with E-state index in [9.17, 15) is 18.0 Å². The van der Waals surface area contributed by atoms with Crippen molar-refractivity contribution in [2.24, 2.45) is 0 Å². The highest BCUT2D eigenvalue weighted by Gasteiger charge is 2.32. The first kappa shape index (κ1) is 33.5. The smallest absolute Gasteiger partial charge is 0.243 e. The molecule has 0 saturated heterocycles. The molecule has 1 aliphatic carbocycles. The second-order valence-corrected chi connectivity index (χ2v) is 14.3. The summed E-state index contributed by atoms with van der Waals surface area (Å²) in [7, 11) is -3.58. The van der Waals surface area contributed by atoms with Crippen LogP contribution in [0.1, 0.15) is 67.2 Å². The van der Waals surface area contributed by atoms with Gasteiger partial charge in [0.1, 0.15) is 6.04 Å². The molecule has 44 heavy (non-hydrogen) atoms. The van der Waals surface area contributed by atoms with Crippen LogP contribution in [0.25, 0.3) is 0 Å². The van der Waals surface area contributed by atoms with Crippen LogP contribution in [0.3, 0.4) is 0 Å². The standard InChI is InChI=1S/C35H44ClN3O4S/c1-26-21-27(2)23-32(22-26)39(44(3,42)43)20-10-15-34(40)38(25-29-16-18-30(36)19-17-29)33(24-28-11-6-4-7-12-28)35(41)37-31-13-8-5-9-14-31/h4,6-7,11-12,16-19,21-23,31,33H,5,8-10,13-15,20,24-25H2,1-3H3,(H,37,41). The molecular formula is C35H44ClN3O4S. The first-order valence-corrected chi connectivity index (χ1v) is 17.7. The van der Waals surface area contributed by atoms with Crippen molar-refractivity contribution in [3.8, 4) is 0 Å². The van der Waals surface area contributed by atoms with Crippen LogP contribution < -0.4 is 9.62 Å². The van der Waals surface area contributed by atoms with Crippen molar-refractivity contribution in [1.82, 2.24) is 10.2 Å². The van der Waals surface area contributed by atoms with Crippen molar-refractivity contribution in [1.29, 1.82) is 0 Å². The van der Waals surface area contributed by atoms with Gasteiger partial charge in [0.25, 0.3) is 0 Å². The van der Waals surface area contributed by atoms with Gasteiger partial charge in [0.15, 0.2) is 0 Å². The van der Waals surface area contributed by atoms with Gasteiger partial charge in [0.05, 0.1) is 11.9 Å². The fraction of sp³-hybridized carbons (Fsp3) is 0.429. The molecule has 7 nitrogen and oxygen atoms in total. The van der Waals surface area contributed by atoms with E-state index in [1.54, 1.807) is 17.0 Å². The summed E-state index contributed by atoms with van der Waals surface area (Å²) < 4.78 is 26.9. The Bertz CT molecular complexity index is 1490. The number of sulfonamides is 1. The van der Waals surface area contributed by atoms with Gasteiger partial charge in [-0.1, -0.05) is 79.4 Å². The monoisotopic (exact) mass is 637 g/mol. The number of anilines is 1. The maximum absolute atomic E-state index is 14.1. The zero-order chi connectivity index (χ0) is 31.7. The van der Waals surface area contributed by atoms with E-state index in [-0.39, 0.29) is 37.4 Å². The zero-order valence-corrected chi connectivity index (χ0v) is 27.5. The third-order valence-corrected chi connectivity index (χ3v) is 9.58. The van der Waals surface area contributed by atoms with Gasteiger partial charge in [0, 0.05) is 37.0 Å². The van der Waals surface area contributed by atoms with Gasteiger partial charge in [-0.3, -0.25) is 13.9 Å². The largest absolute Gasteiger partial charge is 0.352 e. The summed E-state index contributed by atoms with van der Waals surface area (Å²) >= 11 is 6.15. The first-order chi connectivity index (χ1) is 21.0. The molecule has 1 fully saturated rings. The van der Waals surface area contributed by atoms with Gasteiger partial charge in [-0.25, -0.2) is 8.42 Å². The van der Waals surface area contributed by atoms with Crippen LogP contribution in [0.2, 0.25) is 5.02 Å². The Morgan fingerprint density at radius 1 is 0.909 bits per heavy atom. The minimum Gasteiger partial charge on any atom is -0.352 e. The highest BCUT2D eigenvalue weighted by molar-refractivity contribution is 7.92. The zero-order valence-electron chi connectivity index (χ0n) is 26.0. The van der Waals surface area contributed by atoms with E-state index >= 15 is 0 Å². The predicted octanol–water partition coefficient (Wildman–Crippen LogP) is 6.59. The molecular weight excluding hydrogens is 594 g/mol. The summed E-state index contributed by atoms with van der Waals surface area (Å²) in [4.78, 5) is 29.7. The molecule has 0 aromatic heterocycles. The molecule has 3 aromatic rings. The number of amides is 2. The Labute approximate surface area is 267 Å². The van der Waals surface area contributed by atoms with E-state index in [0.29, 0.717) is 23.6 Å². The lowest BCUT2D eigenvalue weighted by Gasteiger charge is -2.34. The highest BCUT2D eigenvalue weighted by atomic mass is 35.5. The summed E-state index contributed by atoms with van der Waals surface area (Å²) in [6, 6.07) is 22.1. The second-order valence-electron chi connectivity index (χ2n) is 12.0. The molecule has 0 radical (unpaired) electrons. The Morgan fingerprint density at radius 2 is 1.55 bits per heavy atom. The Kier molecular flexibility index (Phi) is 11.9. The average Bonchev–Trinajstić information content (AvgIpc) is 2.98. The molecule has 1 saturated carbocycles. The Morgan fingerprint density at radius 3 is 2.16 bits per heavy atom. The molecule has 0 aliphatic heterocycles. The van der Waals surface area contributed by atoms with Crippen molar-refractivity contribution >= 4 is 39.1 Å². The fourth-order valence-corrected chi connectivity index (χ4v) is 7.06. The van der Waals surface area contributed by atoms with E-state index in [0.717, 1.165) is 47.9 Å². The van der Waals surface area contributed by atoms with E-state index < -0.39 is 16.1 Å². The number of halogens is 1. The molecule has 0 bridgehead atoms. The lowest BCUT2D eigenvalue weighted by Crippen LogP contribution is -2.52. The Hall–Kier alpha value is -3.36. The van der Waals surface area contributed by atoms with Gasteiger partial charge in [-0.15, -0.1) is 0 Å². The number of nitrogens with zero attached hydrogens (tertiary/aromatic N) is 2. The van der Waals surface area contributed by atoms with Crippen LogP contribution >= 0.6 is 11.6 Å². The van der Waals surface area contributed by atoms with Crippen LogP contribution in [0, 0.1) is 13.8 Å².